The smallest absolute Gasteiger partial charge is 0.0500 e. The molecule has 2 aromatic carbocycles. The van der Waals surface area contributed by atoms with Crippen molar-refractivity contribution in [1.29, 1.82) is 0 Å². The lowest BCUT2D eigenvalue weighted by molar-refractivity contribution is 0.885. The molecule has 3 N–H and O–H groups in total. The molecule has 0 aromatic heterocycles. The molecule has 0 saturated carbocycles. The standard InChI is InChI=1S/C15H17ClN2/c1-10-7-8-12(9-15(10)17)18-11(2)13-5-3-4-6-14(13)16/h3-9,11,18H,17H2,1-2H3. The number of nitrogen functional groups attached to an aromatic ring is 1. The van der Waals surface area contributed by atoms with Gasteiger partial charge in [0.2, 0.25) is 0 Å². The van der Waals surface area contributed by atoms with E-state index >= 15 is 0 Å². The van der Waals surface area contributed by atoms with Crippen molar-refractivity contribution < 1.29 is 0 Å². The van der Waals surface area contributed by atoms with Crippen LogP contribution in [0, 0.1) is 6.92 Å². The van der Waals surface area contributed by atoms with Crippen LogP contribution in [0.5, 0.6) is 0 Å². The number of rotatable bonds is 3. The zero-order valence-corrected chi connectivity index (χ0v) is 11.3. The highest BCUT2D eigenvalue weighted by Gasteiger charge is 2.09. The Morgan fingerprint density at radius 1 is 1.17 bits per heavy atom. The van der Waals surface area contributed by atoms with Crippen molar-refractivity contribution in [3.05, 3.63) is 58.6 Å². The molecule has 0 spiro atoms. The fourth-order valence-corrected chi connectivity index (χ4v) is 2.18. The molecule has 0 radical (unpaired) electrons. The third kappa shape index (κ3) is 2.77. The summed E-state index contributed by atoms with van der Waals surface area (Å²) in [6.45, 7) is 4.08. The molecular weight excluding hydrogens is 244 g/mol. The molecule has 0 heterocycles. The van der Waals surface area contributed by atoms with Gasteiger partial charge in [0.1, 0.15) is 0 Å². The molecule has 0 bridgehead atoms. The summed E-state index contributed by atoms with van der Waals surface area (Å²) in [4.78, 5) is 0. The quantitative estimate of drug-likeness (QED) is 0.803. The lowest BCUT2D eigenvalue weighted by atomic mass is 10.1. The van der Waals surface area contributed by atoms with Crippen LogP contribution >= 0.6 is 11.6 Å². The van der Waals surface area contributed by atoms with E-state index in [-0.39, 0.29) is 6.04 Å². The van der Waals surface area contributed by atoms with E-state index in [1.807, 2.05) is 49.4 Å². The third-order valence-corrected chi connectivity index (χ3v) is 3.38. The molecule has 94 valence electrons. The summed E-state index contributed by atoms with van der Waals surface area (Å²) in [6, 6.07) is 14.0. The summed E-state index contributed by atoms with van der Waals surface area (Å²) < 4.78 is 0. The number of nitrogens with one attached hydrogen (secondary N) is 1. The number of aryl methyl sites for hydroxylation is 1. The van der Waals surface area contributed by atoms with Crippen LogP contribution < -0.4 is 11.1 Å². The average molecular weight is 261 g/mol. The Labute approximate surface area is 113 Å². The summed E-state index contributed by atoms with van der Waals surface area (Å²) in [5.74, 6) is 0. The molecule has 2 nitrogen and oxygen atoms in total. The second kappa shape index (κ2) is 5.32. The van der Waals surface area contributed by atoms with Crippen LogP contribution in [-0.4, -0.2) is 0 Å². The first kappa shape index (κ1) is 12.8. The van der Waals surface area contributed by atoms with Crippen molar-refractivity contribution in [3.63, 3.8) is 0 Å². The maximum absolute atomic E-state index is 6.18. The Bertz CT molecular complexity index is 552. The van der Waals surface area contributed by atoms with Crippen molar-refractivity contribution in [2.45, 2.75) is 19.9 Å². The first-order valence-corrected chi connectivity index (χ1v) is 6.33. The SMILES string of the molecule is Cc1ccc(NC(C)c2ccccc2Cl)cc1N. The minimum Gasteiger partial charge on any atom is -0.398 e. The van der Waals surface area contributed by atoms with E-state index < -0.39 is 0 Å². The zero-order valence-electron chi connectivity index (χ0n) is 10.6. The minimum absolute atomic E-state index is 0.140. The van der Waals surface area contributed by atoms with Gasteiger partial charge in [0.15, 0.2) is 0 Å². The van der Waals surface area contributed by atoms with Gasteiger partial charge in [-0.3, -0.25) is 0 Å². The Morgan fingerprint density at radius 2 is 1.89 bits per heavy atom. The molecule has 0 aliphatic heterocycles. The van der Waals surface area contributed by atoms with E-state index in [0.717, 1.165) is 27.5 Å². The van der Waals surface area contributed by atoms with E-state index in [0.29, 0.717) is 0 Å². The normalized spacial score (nSPS) is 12.2. The van der Waals surface area contributed by atoms with E-state index in [2.05, 4.69) is 12.2 Å². The molecule has 2 aromatic rings. The maximum atomic E-state index is 6.18. The maximum Gasteiger partial charge on any atom is 0.0500 e. The number of hydrogen-bond donors (Lipinski definition) is 2. The van der Waals surface area contributed by atoms with Gasteiger partial charge in [0.25, 0.3) is 0 Å². The number of benzene rings is 2. The first-order valence-electron chi connectivity index (χ1n) is 5.95. The van der Waals surface area contributed by atoms with Gasteiger partial charge < -0.3 is 11.1 Å². The molecule has 3 heteroatoms. The van der Waals surface area contributed by atoms with Gasteiger partial charge in [0.05, 0.1) is 0 Å². The molecular formula is C15H17ClN2. The number of anilines is 2. The second-order valence-corrected chi connectivity index (χ2v) is 4.87. The number of nitrogens with two attached hydrogens (primary N) is 1. The average Bonchev–Trinajstić information content (AvgIpc) is 2.34. The highest BCUT2D eigenvalue weighted by molar-refractivity contribution is 6.31. The monoisotopic (exact) mass is 260 g/mol. The molecule has 2 rings (SSSR count). The van der Waals surface area contributed by atoms with Gasteiger partial charge in [-0.15, -0.1) is 0 Å². The van der Waals surface area contributed by atoms with Crippen LogP contribution in [0.2, 0.25) is 5.02 Å². The molecule has 1 unspecified atom stereocenters. The predicted octanol–water partition coefficient (Wildman–Crippen LogP) is 4.40. The van der Waals surface area contributed by atoms with Crippen LogP contribution in [0.25, 0.3) is 0 Å². The predicted molar refractivity (Wildman–Crippen MR) is 79.1 cm³/mol. The Morgan fingerprint density at radius 3 is 2.56 bits per heavy atom. The molecule has 0 aliphatic carbocycles. The Balaban J connectivity index is 2.19. The second-order valence-electron chi connectivity index (χ2n) is 4.46. The van der Waals surface area contributed by atoms with E-state index in [1.54, 1.807) is 0 Å². The lowest BCUT2D eigenvalue weighted by Crippen LogP contribution is -2.07. The molecule has 0 aliphatic rings. The first-order chi connectivity index (χ1) is 8.58. The highest BCUT2D eigenvalue weighted by atomic mass is 35.5. The Kier molecular flexibility index (Phi) is 3.78. The Hall–Kier alpha value is -1.67. The van der Waals surface area contributed by atoms with Crippen LogP contribution in [0.4, 0.5) is 11.4 Å². The topological polar surface area (TPSA) is 38.0 Å². The molecule has 18 heavy (non-hydrogen) atoms. The minimum atomic E-state index is 0.140. The lowest BCUT2D eigenvalue weighted by Gasteiger charge is -2.17. The summed E-state index contributed by atoms with van der Waals surface area (Å²) in [5.41, 5.74) is 9.87. The van der Waals surface area contributed by atoms with Gasteiger partial charge in [-0.05, 0) is 43.2 Å². The molecule has 0 saturated heterocycles. The van der Waals surface area contributed by atoms with E-state index in [1.165, 1.54) is 0 Å². The van der Waals surface area contributed by atoms with Crippen LogP contribution in [0.3, 0.4) is 0 Å². The van der Waals surface area contributed by atoms with Crippen molar-refractivity contribution in [1.82, 2.24) is 0 Å². The van der Waals surface area contributed by atoms with Crippen molar-refractivity contribution >= 4 is 23.0 Å². The molecule has 0 fully saturated rings. The van der Waals surface area contributed by atoms with Gasteiger partial charge >= 0.3 is 0 Å². The van der Waals surface area contributed by atoms with Crippen LogP contribution in [0.1, 0.15) is 24.1 Å². The van der Waals surface area contributed by atoms with Crippen LogP contribution in [-0.2, 0) is 0 Å². The number of hydrogen-bond acceptors (Lipinski definition) is 2. The number of halogens is 1. The van der Waals surface area contributed by atoms with Crippen molar-refractivity contribution in [2.24, 2.45) is 0 Å². The fourth-order valence-electron chi connectivity index (χ4n) is 1.88. The third-order valence-electron chi connectivity index (χ3n) is 3.03. The van der Waals surface area contributed by atoms with Crippen molar-refractivity contribution in [3.8, 4) is 0 Å². The molecule has 0 amide bonds. The van der Waals surface area contributed by atoms with E-state index in [4.69, 9.17) is 17.3 Å². The highest BCUT2D eigenvalue weighted by Crippen LogP contribution is 2.26. The van der Waals surface area contributed by atoms with Crippen LogP contribution in [0.15, 0.2) is 42.5 Å². The summed E-state index contributed by atoms with van der Waals surface area (Å²) >= 11 is 6.18. The van der Waals surface area contributed by atoms with E-state index in [9.17, 15) is 0 Å². The van der Waals surface area contributed by atoms with Gasteiger partial charge in [-0.2, -0.15) is 0 Å². The largest absolute Gasteiger partial charge is 0.398 e. The summed E-state index contributed by atoms with van der Waals surface area (Å²) in [7, 11) is 0. The summed E-state index contributed by atoms with van der Waals surface area (Å²) in [6.07, 6.45) is 0. The van der Waals surface area contributed by atoms with Gasteiger partial charge in [0, 0.05) is 22.4 Å². The fraction of sp³-hybridized carbons (Fsp3) is 0.200. The van der Waals surface area contributed by atoms with Gasteiger partial charge in [-0.1, -0.05) is 35.9 Å². The van der Waals surface area contributed by atoms with Gasteiger partial charge in [-0.25, -0.2) is 0 Å². The van der Waals surface area contributed by atoms with Crippen molar-refractivity contribution in [2.75, 3.05) is 11.1 Å². The summed E-state index contributed by atoms with van der Waals surface area (Å²) in [5, 5.41) is 4.18. The molecule has 1 atom stereocenters. The zero-order chi connectivity index (χ0) is 13.1.